The first-order valence-corrected chi connectivity index (χ1v) is 20.5. The van der Waals surface area contributed by atoms with Gasteiger partial charge in [-0.25, -0.2) is 19.0 Å². The maximum absolute atomic E-state index is 12.5. The van der Waals surface area contributed by atoms with E-state index < -0.39 is 47.9 Å². The normalized spacial score (nSPS) is 12.1. The molecule has 0 bridgehead atoms. The Balaban J connectivity index is 0. The van der Waals surface area contributed by atoms with Crippen LogP contribution in [-0.4, -0.2) is 110 Å². The van der Waals surface area contributed by atoms with E-state index in [0.717, 1.165) is 5.56 Å². The number of ether oxygens (including phenoxy) is 3. The van der Waals surface area contributed by atoms with E-state index in [-0.39, 0.29) is 61.4 Å². The Morgan fingerprint density at radius 3 is 1.31 bits per heavy atom. The number of amides is 2. The molecule has 0 aliphatic heterocycles. The number of nitrogens with zero attached hydrogens (tertiary/aromatic N) is 4. The molecule has 2 heterocycles. The zero-order chi connectivity index (χ0) is 48.8. The summed E-state index contributed by atoms with van der Waals surface area (Å²) in [5, 5.41) is 34.7. The average molecular weight is 946 g/mol. The molecule has 9 N–H and O–H groups in total. The molecule has 0 fully saturated rings. The minimum atomic E-state index is -1.15. The van der Waals surface area contributed by atoms with Crippen LogP contribution >= 0.6 is 23.2 Å². The number of halogens is 2. The number of nitrogens with two attached hydrogens (primary N) is 2. The van der Waals surface area contributed by atoms with Gasteiger partial charge in [0.25, 0.3) is 11.1 Å². The predicted molar refractivity (Wildman–Crippen MR) is 242 cm³/mol. The number of esters is 1. The number of nitrogens with one attached hydrogen (secondary N) is 2. The molecule has 354 valence electrons. The fourth-order valence-corrected chi connectivity index (χ4v) is 5.65. The van der Waals surface area contributed by atoms with Crippen molar-refractivity contribution in [3.63, 3.8) is 0 Å². The number of carboxylic acids is 1. The van der Waals surface area contributed by atoms with Crippen molar-refractivity contribution in [2.45, 2.75) is 64.7 Å². The fourth-order valence-electron chi connectivity index (χ4n) is 5.65. The van der Waals surface area contributed by atoms with Gasteiger partial charge >= 0.3 is 30.8 Å². The van der Waals surface area contributed by atoms with Crippen LogP contribution < -0.4 is 61.6 Å². The van der Waals surface area contributed by atoms with E-state index >= 15 is 0 Å². The van der Waals surface area contributed by atoms with Crippen LogP contribution in [0.5, 0.6) is 11.5 Å². The van der Waals surface area contributed by atoms with E-state index in [9.17, 15) is 33.9 Å². The zero-order valence-corrected chi connectivity index (χ0v) is 39.6. The Bertz CT molecular complexity index is 2250. The number of hydrogen-bond acceptors (Lipinski definition) is 15. The molecule has 4 atom stereocenters. The standard InChI is InChI=1S/C21H28N4O5.C20H26N4O5.CH2Cl2.Li.H2O2.H/c1-12(2)18(22)19(26)24-15(21(28)30-5)10-13-6-8-14(9-7-13)17-16(29-4)11-23-25(3)20(17)27;1-11(2)17(21)18(25)23-14(20(27)28)9-12-5-7-13(8-6-12)16-15(29-4)10-22-24(3)19(16)26;2-1-3;;1-2;/h6-9,11-12,15,18H,10,22H2,1-5H3,(H,24,26);5-8,10-11,14,17H,9,21H2,1-4H3,(H,23,25)(H,27,28);1H2;;1-2H;/q;;;+1;;-1/t15-,18+;14-,17+;;;;/m00..../s1. The van der Waals surface area contributed by atoms with Gasteiger partial charge in [0.1, 0.15) is 12.1 Å². The van der Waals surface area contributed by atoms with Gasteiger partial charge in [0.05, 0.1) is 62.3 Å². The SMILES string of the molecule is COC(=O)[C@H](Cc1ccc(-c2c(OC)cnn(C)c2=O)cc1)NC(=O)[C@H](N)C(C)C.COc1cnn(C)c(=O)c1-c1ccc(C[C@H](NC(=O)[C@H](N)C(C)C)C(=O)O)cc1.ClCCl.OO.[H-].[Li+]. The van der Waals surface area contributed by atoms with Crippen LogP contribution in [0.3, 0.4) is 0 Å². The van der Waals surface area contributed by atoms with E-state index in [1.54, 1.807) is 76.5 Å². The van der Waals surface area contributed by atoms with Crippen molar-refractivity contribution in [1.82, 2.24) is 30.2 Å². The summed E-state index contributed by atoms with van der Waals surface area (Å²) >= 11 is 9.53. The Morgan fingerprint density at radius 1 is 0.692 bits per heavy atom. The first-order chi connectivity index (χ1) is 30.3. The zero-order valence-electron chi connectivity index (χ0n) is 39.1. The number of aliphatic carboxylic acids is 1. The number of alkyl halides is 2. The Labute approximate surface area is 400 Å². The minimum absolute atomic E-state index is 0. The number of aryl methyl sites for hydroxylation is 2. The molecule has 4 aromatic rings. The van der Waals surface area contributed by atoms with Gasteiger partial charge in [-0.15, -0.1) is 23.2 Å². The van der Waals surface area contributed by atoms with Crippen molar-refractivity contribution < 1.29 is 69.3 Å². The van der Waals surface area contributed by atoms with Gasteiger partial charge in [0.2, 0.25) is 11.8 Å². The van der Waals surface area contributed by atoms with Crippen molar-refractivity contribution in [2.75, 3.05) is 26.7 Å². The maximum Gasteiger partial charge on any atom is 1.00 e. The number of carbonyl (C=O) groups is 4. The second-order valence-corrected chi connectivity index (χ2v) is 15.3. The molecule has 0 saturated heterocycles. The second kappa shape index (κ2) is 30.0. The molecule has 2 aromatic heterocycles. The molecular weight excluding hydrogens is 886 g/mol. The topological polar surface area (TPSA) is 303 Å². The molecule has 0 spiro atoms. The largest absolute Gasteiger partial charge is 1.00 e. The molecule has 65 heavy (non-hydrogen) atoms. The molecule has 2 aromatic carbocycles. The molecule has 0 unspecified atom stereocenters. The number of carboxylic acid groups (broad SMARTS) is 1. The van der Waals surface area contributed by atoms with E-state index in [4.69, 9.17) is 59.4 Å². The Kier molecular flexibility index (Phi) is 27.6. The van der Waals surface area contributed by atoms with Gasteiger partial charge in [0.15, 0.2) is 11.5 Å². The molecule has 2 amide bonds. The number of hydrogen-bond donors (Lipinski definition) is 7. The molecule has 0 saturated carbocycles. The van der Waals surface area contributed by atoms with Crippen LogP contribution in [0.4, 0.5) is 0 Å². The van der Waals surface area contributed by atoms with Crippen LogP contribution in [0.15, 0.2) is 70.5 Å². The van der Waals surface area contributed by atoms with Crippen molar-refractivity contribution in [3.05, 3.63) is 92.8 Å². The molecule has 23 heteroatoms. The number of benzene rings is 2. The monoisotopic (exact) mass is 944 g/mol. The van der Waals surface area contributed by atoms with Gasteiger partial charge in [-0.1, -0.05) is 76.2 Å². The number of aromatic nitrogens is 4. The van der Waals surface area contributed by atoms with Crippen molar-refractivity contribution in [2.24, 2.45) is 37.4 Å². The predicted octanol–water partition coefficient (Wildman–Crippen LogP) is -0.254. The second-order valence-electron chi connectivity index (χ2n) is 14.5. The summed E-state index contributed by atoms with van der Waals surface area (Å²) in [6.45, 7) is 7.23. The van der Waals surface area contributed by atoms with Gasteiger partial charge in [0, 0.05) is 26.9 Å². The van der Waals surface area contributed by atoms with Gasteiger partial charge in [-0.05, 0) is 34.1 Å². The smallest absolute Gasteiger partial charge is 1.00 e. The first kappa shape index (κ1) is 59.7. The molecule has 4 rings (SSSR count). The summed E-state index contributed by atoms with van der Waals surface area (Å²) in [5.41, 5.74) is 14.5. The quantitative estimate of drug-likeness (QED) is 0.0250. The Hall–Kier alpha value is -5.30. The summed E-state index contributed by atoms with van der Waals surface area (Å²) in [7, 11) is 7.29. The van der Waals surface area contributed by atoms with E-state index in [0.29, 0.717) is 39.3 Å². The van der Waals surface area contributed by atoms with Gasteiger partial charge in [-0.3, -0.25) is 29.7 Å². The van der Waals surface area contributed by atoms with Crippen LogP contribution in [0.2, 0.25) is 0 Å². The Morgan fingerprint density at radius 2 is 1.02 bits per heavy atom. The maximum atomic E-state index is 12.5. The van der Waals surface area contributed by atoms with Crippen LogP contribution in [0.25, 0.3) is 22.3 Å². The summed E-state index contributed by atoms with van der Waals surface area (Å²) in [4.78, 5) is 73.0. The molecular formula is C42H59Cl2LiN8O12. The first-order valence-electron chi connectivity index (χ1n) is 19.4. The summed E-state index contributed by atoms with van der Waals surface area (Å²) < 4.78 is 17.8. The van der Waals surface area contributed by atoms with E-state index in [1.807, 2.05) is 13.8 Å². The van der Waals surface area contributed by atoms with E-state index in [1.165, 1.54) is 43.1 Å². The van der Waals surface area contributed by atoms with Crippen LogP contribution in [0.1, 0.15) is 40.2 Å². The van der Waals surface area contributed by atoms with Crippen LogP contribution in [0, 0.1) is 11.8 Å². The minimum Gasteiger partial charge on any atom is -1.00 e. The summed E-state index contributed by atoms with van der Waals surface area (Å²) in [6.07, 6.45) is 3.23. The average Bonchev–Trinajstić information content (AvgIpc) is 3.28. The molecule has 20 nitrogen and oxygen atoms in total. The van der Waals surface area contributed by atoms with Gasteiger partial charge in [-0.2, -0.15) is 10.2 Å². The fraction of sp³-hybridized carbons (Fsp3) is 0.429. The van der Waals surface area contributed by atoms with Crippen molar-refractivity contribution >= 4 is 47.0 Å². The number of rotatable bonds is 16. The van der Waals surface area contributed by atoms with E-state index in [2.05, 4.69) is 20.8 Å². The number of carbonyl (C=O) groups excluding carboxylic acids is 3. The van der Waals surface area contributed by atoms with Crippen molar-refractivity contribution in [3.8, 4) is 33.8 Å². The third kappa shape index (κ3) is 17.9. The van der Waals surface area contributed by atoms with Crippen molar-refractivity contribution in [1.29, 1.82) is 0 Å². The number of methoxy groups -OCH3 is 3. The molecule has 0 radical (unpaired) electrons. The molecule has 0 aliphatic rings. The van der Waals surface area contributed by atoms with Gasteiger partial charge < -0.3 is 42.8 Å². The van der Waals surface area contributed by atoms with Crippen LogP contribution in [-0.2, 0) is 50.9 Å². The summed E-state index contributed by atoms with van der Waals surface area (Å²) in [5.74, 6) is -2.10. The summed E-state index contributed by atoms with van der Waals surface area (Å²) in [6, 6.07) is 10.4. The molecule has 0 aliphatic carbocycles. The third-order valence-corrected chi connectivity index (χ3v) is 9.47. The third-order valence-electron chi connectivity index (χ3n) is 9.47.